The van der Waals surface area contributed by atoms with E-state index in [9.17, 15) is 0 Å². The molecule has 2 aromatic carbocycles. The van der Waals surface area contributed by atoms with Crippen molar-refractivity contribution >= 4 is 44.2 Å². The lowest BCUT2D eigenvalue weighted by Gasteiger charge is -2.14. The van der Waals surface area contributed by atoms with Gasteiger partial charge in [0.05, 0.1) is 6.04 Å². The molecule has 0 aliphatic rings. The van der Waals surface area contributed by atoms with Crippen molar-refractivity contribution in [2.24, 2.45) is 0 Å². The Morgan fingerprint density at radius 2 is 1.95 bits per heavy atom. The minimum Gasteiger partial charge on any atom is -0.459 e. The fourth-order valence-corrected chi connectivity index (χ4v) is 2.92. The molecule has 0 bridgehead atoms. The number of hydrogen-bond acceptors (Lipinski definition) is 2. The summed E-state index contributed by atoms with van der Waals surface area (Å²) >= 11 is 9.45. The van der Waals surface area contributed by atoms with Crippen LogP contribution < -0.4 is 5.32 Å². The van der Waals surface area contributed by atoms with E-state index in [1.54, 1.807) is 0 Å². The van der Waals surface area contributed by atoms with Gasteiger partial charge in [-0.3, -0.25) is 0 Å². The van der Waals surface area contributed by atoms with Crippen LogP contribution in [0.15, 0.2) is 57.4 Å². The van der Waals surface area contributed by atoms with Crippen molar-refractivity contribution < 1.29 is 4.42 Å². The lowest BCUT2D eigenvalue weighted by molar-refractivity contribution is 0.526. The number of rotatable bonds is 3. The summed E-state index contributed by atoms with van der Waals surface area (Å²) in [6, 6.07) is 15.8. The molecule has 0 saturated carbocycles. The Balaban J connectivity index is 1.86. The van der Waals surface area contributed by atoms with Crippen LogP contribution in [-0.4, -0.2) is 0 Å². The van der Waals surface area contributed by atoms with Gasteiger partial charge in [0.25, 0.3) is 0 Å². The van der Waals surface area contributed by atoms with Gasteiger partial charge in [-0.2, -0.15) is 0 Å². The van der Waals surface area contributed by atoms with Crippen molar-refractivity contribution in [3.8, 4) is 0 Å². The summed E-state index contributed by atoms with van der Waals surface area (Å²) in [4.78, 5) is 0. The molecule has 2 nitrogen and oxygen atoms in total. The monoisotopic (exact) mass is 349 g/mol. The number of nitrogens with one attached hydrogen (secondary N) is 1. The molecule has 3 aromatic rings. The van der Waals surface area contributed by atoms with Crippen LogP contribution in [0.25, 0.3) is 11.0 Å². The van der Waals surface area contributed by atoms with Crippen LogP contribution in [0.2, 0.25) is 5.02 Å². The Kier molecular flexibility index (Phi) is 3.72. The van der Waals surface area contributed by atoms with E-state index in [2.05, 4.69) is 34.2 Å². The Bertz CT molecular complexity index is 720. The number of anilines is 1. The number of halogens is 2. The van der Waals surface area contributed by atoms with Crippen molar-refractivity contribution in [3.63, 3.8) is 0 Å². The number of hydrogen-bond donors (Lipinski definition) is 1. The number of furan rings is 1. The summed E-state index contributed by atoms with van der Waals surface area (Å²) in [7, 11) is 0. The van der Waals surface area contributed by atoms with Crippen LogP contribution in [0.5, 0.6) is 0 Å². The molecule has 0 saturated heterocycles. The highest BCUT2D eigenvalue weighted by Crippen LogP contribution is 2.31. The Morgan fingerprint density at radius 3 is 2.70 bits per heavy atom. The summed E-state index contributed by atoms with van der Waals surface area (Å²) in [6.07, 6.45) is 0. The predicted octanol–water partition coefficient (Wildman–Crippen LogP) is 6.02. The standard InChI is InChI=1S/C16H13BrClNO/c1-10(19-14-7-6-12(18)9-13(14)17)16-8-11-4-2-3-5-15(11)20-16/h2-10,19H,1H3. The largest absolute Gasteiger partial charge is 0.459 e. The minimum absolute atomic E-state index is 0.0693. The molecule has 0 fully saturated rings. The molecule has 3 rings (SSSR count). The van der Waals surface area contributed by atoms with Gasteiger partial charge in [-0.05, 0) is 53.2 Å². The van der Waals surface area contributed by atoms with Gasteiger partial charge >= 0.3 is 0 Å². The van der Waals surface area contributed by atoms with E-state index in [0.717, 1.165) is 26.9 Å². The zero-order chi connectivity index (χ0) is 14.1. The van der Waals surface area contributed by atoms with Crippen molar-refractivity contribution in [2.75, 3.05) is 5.32 Å². The van der Waals surface area contributed by atoms with Crippen LogP contribution in [0.4, 0.5) is 5.69 Å². The molecular weight excluding hydrogens is 338 g/mol. The van der Waals surface area contributed by atoms with Crippen molar-refractivity contribution in [1.82, 2.24) is 0 Å². The lowest BCUT2D eigenvalue weighted by Crippen LogP contribution is -2.05. The molecule has 1 N–H and O–H groups in total. The summed E-state index contributed by atoms with van der Waals surface area (Å²) in [5, 5.41) is 5.24. The average molecular weight is 351 g/mol. The van der Waals surface area contributed by atoms with Gasteiger partial charge in [0.2, 0.25) is 0 Å². The van der Waals surface area contributed by atoms with E-state index >= 15 is 0 Å². The quantitative estimate of drug-likeness (QED) is 0.624. The average Bonchev–Trinajstić information content (AvgIpc) is 2.86. The van der Waals surface area contributed by atoms with Crippen LogP contribution in [0, 0.1) is 0 Å². The molecule has 0 aliphatic heterocycles. The first-order valence-corrected chi connectivity index (χ1v) is 7.50. The lowest BCUT2D eigenvalue weighted by atomic mass is 10.2. The second-order valence-corrected chi connectivity index (χ2v) is 5.97. The van der Waals surface area contributed by atoms with E-state index in [0.29, 0.717) is 5.02 Å². The first-order valence-electron chi connectivity index (χ1n) is 6.33. The summed E-state index contributed by atoms with van der Waals surface area (Å²) in [6.45, 7) is 2.07. The molecule has 102 valence electrons. The fraction of sp³-hybridized carbons (Fsp3) is 0.125. The van der Waals surface area contributed by atoms with Gasteiger partial charge in [-0.15, -0.1) is 0 Å². The molecule has 0 aliphatic carbocycles. The zero-order valence-corrected chi connectivity index (χ0v) is 13.2. The fourth-order valence-electron chi connectivity index (χ4n) is 2.13. The van der Waals surface area contributed by atoms with Gasteiger partial charge in [-0.25, -0.2) is 0 Å². The smallest absolute Gasteiger partial charge is 0.134 e. The van der Waals surface area contributed by atoms with E-state index in [4.69, 9.17) is 16.0 Å². The van der Waals surface area contributed by atoms with E-state index in [1.165, 1.54) is 0 Å². The normalized spacial score (nSPS) is 12.6. The molecule has 4 heteroatoms. The Morgan fingerprint density at radius 1 is 1.15 bits per heavy atom. The maximum absolute atomic E-state index is 5.95. The zero-order valence-electron chi connectivity index (χ0n) is 10.9. The highest BCUT2D eigenvalue weighted by Gasteiger charge is 2.12. The van der Waals surface area contributed by atoms with E-state index in [-0.39, 0.29) is 6.04 Å². The van der Waals surface area contributed by atoms with Crippen molar-refractivity contribution in [2.45, 2.75) is 13.0 Å². The third-order valence-electron chi connectivity index (χ3n) is 3.17. The SMILES string of the molecule is CC(Nc1ccc(Cl)cc1Br)c1cc2ccccc2o1. The van der Waals surface area contributed by atoms with Crippen LogP contribution in [-0.2, 0) is 0 Å². The molecular formula is C16H13BrClNO. The van der Waals surface area contributed by atoms with Crippen molar-refractivity contribution in [1.29, 1.82) is 0 Å². The number of benzene rings is 2. The molecule has 0 radical (unpaired) electrons. The second-order valence-electron chi connectivity index (χ2n) is 4.68. The maximum Gasteiger partial charge on any atom is 0.134 e. The second kappa shape index (κ2) is 5.51. The highest BCUT2D eigenvalue weighted by atomic mass is 79.9. The third-order valence-corrected chi connectivity index (χ3v) is 4.07. The molecule has 0 spiro atoms. The van der Waals surface area contributed by atoms with Crippen LogP contribution >= 0.6 is 27.5 Å². The number of fused-ring (bicyclic) bond motifs is 1. The molecule has 1 atom stereocenters. The summed E-state index contributed by atoms with van der Waals surface area (Å²) < 4.78 is 6.80. The van der Waals surface area contributed by atoms with Gasteiger partial charge in [-0.1, -0.05) is 29.8 Å². The predicted molar refractivity (Wildman–Crippen MR) is 87.4 cm³/mol. The van der Waals surface area contributed by atoms with Gasteiger partial charge in [0, 0.05) is 20.6 Å². The van der Waals surface area contributed by atoms with E-state index in [1.807, 2.05) is 42.5 Å². The highest BCUT2D eigenvalue weighted by molar-refractivity contribution is 9.10. The first kappa shape index (κ1) is 13.5. The van der Waals surface area contributed by atoms with Gasteiger partial charge in [0.15, 0.2) is 0 Å². The minimum atomic E-state index is 0.0693. The Hall–Kier alpha value is -1.45. The molecule has 1 unspecified atom stereocenters. The molecule has 20 heavy (non-hydrogen) atoms. The molecule has 0 amide bonds. The summed E-state index contributed by atoms with van der Waals surface area (Å²) in [5.74, 6) is 0.910. The third kappa shape index (κ3) is 2.69. The summed E-state index contributed by atoms with van der Waals surface area (Å²) in [5.41, 5.74) is 1.90. The van der Waals surface area contributed by atoms with Gasteiger partial charge < -0.3 is 9.73 Å². The van der Waals surface area contributed by atoms with Gasteiger partial charge in [0.1, 0.15) is 11.3 Å². The first-order chi connectivity index (χ1) is 9.63. The van der Waals surface area contributed by atoms with E-state index < -0.39 is 0 Å². The maximum atomic E-state index is 5.95. The number of para-hydroxylation sites is 1. The molecule has 1 heterocycles. The molecule has 1 aromatic heterocycles. The van der Waals surface area contributed by atoms with Crippen molar-refractivity contribution in [3.05, 3.63) is 63.8 Å². The van der Waals surface area contributed by atoms with Crippen LogP contribution in [0.3, 0.4) is 0 Å². The topological polar surface area (TPSA) is 25.2 Å². The Labute approximate surface area is 130 Å². The van der Waals surface area contributed by atoms with Crippen LogP contribution in [0.1, 0.15) is 18.7 Å².